The van der Waals surface area contributed by atoms with Crippen LogP contribution in [0.15, 0.2) is 18.3 Å². The van der Waals surface area contributed by atoms with Crippen molar-refractivity contribution in [2.75, 3.05) is 13.1 Å². The minimum absolute atomic E-state index is 0.0997. The standard InChI is InChI=1S/C18H23F3N4O/c1-2-3-4-7-16(26)24-10-5-6-13(11-24)17-23-22-15-9-8-14(12-25(15)17)18(19,20)21/h8-9,12-13H,2-7,10-11H2,1H3. The lowest BCUT2D eigenvalue weighted by Crippen LogP contribution is -2.39. The van der Waals surface area contributed by atoms with Crippen molar-refractivity contribution >= 4 is 11.6 Å². The molecule has 0 radical (unpaired) electrons. The van der Waals surface area contributed by atoms with Crippen LogP contribution >= 0.6 is 0 Å². The molecule has 1 aliphatic rings. The second-order valence-electron chi connectivity index (χ2n) is 6.84. The zero-order valence-corrected chi connectivity index (χ0v) is 14.8. The molecule has 8 heteroatoms. The van der Waals surface area contributed by atoms with Crippen LogP contribution in [-0.4, -0.2) is 38.5 Å². The number of pyridine rings is 1. The lowest BCUT2D eigenvalue weighted by atomic mass is 9.96. The number of fused-ring (bicyclic) bond motifs is 1. The van der Waals surface area contributed by atoms with Crippen LogP contribution in [0.1, 0.15) is 62.8 Å². The molecular weight excluding hydrogens is 345 g/mol. The summed E-state index contributed by atoms with van der Waals surface area (Å²) in [7, 11) is 0. The average molecular weight is 368 g/mol. The third-order valence-electron chi connectivity index (χ3n) is 4.89. The number of carbonyl (C=O) groups is 1. The van der Waals surface area contributed by atoms with Crippen molar-refractivity contribution in [1.82, 2.24) is 19.5 Å². The summed E-state index contributed by atoms with van der Waals surface area (Å²) in [5.41, 5.74) is -0.339. The van der Waals surface area contributed by atoms with E-state index in [-0.39, 0.29) is 11.8 Å². The fourth-order valence-electron chi connectivity index (χ4n) is 3.45. The van der Waals surface area contributed by atoms with Gasteiger partial charge in [0.1, 0.15) is 5.82 Å². The average Bonchev–Trinajstić information content (AvgIpc) is 3.04. The minimum atomic E-state index is -4.41. The monoisotopic (exact) mass is 368 g/mol. The Kier molecular flexibility index (Phi) is 5.48. The zero-order valence-electron chi connectivity index (χ0n) is 14.8. The molecule has 1 amide bonds. The van der Waals surface area contributed by atoms with Gasteiger partial charge >= 0.3 is 6.18 Å². The maximum Gasteiger partial charge on any atom is 0.417 e. The Morgan fingerprint density at radius 1 is 1.27 bits per heavy atom. The van der Waals surface area contributed by atoms with E-state index in [2.05, 4.69) is 17.1 Å². The Balaban J connectivity index is 1.79. The van der Waals surface area contributed by atoms with Gasteiger partial charge < -0.3 is 4.90 Å². The Morgan fingerprint density at radius 2 is 2.08 bits per heavy atom. The van der Waals surface area contributed by atoms with Crippen molar-refractivity contribution in [1.29, 1.82) is 0 Å². The molecule has 3 rings (SSSR count). The number of nitrogens with zero attached hydrogens (tertiary/aromatic N) is 4. The number of hydrogen-bond acceptors (Lipinski definition) is 3. The van der Waals surface area contributed by atoms with Gasteiger partial charge in [0, 0.05) is 31.6 Å². The summed E-state index contributed by atoms with van der Waals surface area (Å²) in [5.74, 6) is 0.516. The quantitative estimate of drug-likeness (QED) is 0.749. The van der Waals surface area contributed by atoms with Gasteiger partial charge in [-0.15, -0.1) is 10.2 Å². The number of unbranched alkanes of at least 4 members (excludes halogenated alkanes) is 2. The highest BCUT2D eigenvalue weighted by Crippen LogP contribution is 2.31. The first-order valence-corrected chi connectivity index (χ1v) is 9.09. The van der Waals surface area contributed by atoms with Crippen molar-refractivity contribution in [2.45, 2.75) is 57.5 Å². The summed E-state index contributed by atoms with van der Waals surface area (Å²) in [4.78, 5) is 14.2. The van der Waals surface area contributed by atoms with Crippen LogP contribution in [0.3, 0.4) is 0 Å². The summed E-state index contributed by atoms with van der Waals surface area (Å²) in [6.45, 7) is 3.28. The lowest BCUT2D eigenvalue weighted by molar-refractivity contribution is -0.137. The van der Waals surface area contributed by atoms with E-state index < -0.39 is 11.7 Å². The van der Waals surface area contributed by atoms with Crippen LogP contribution in [0.2, 0.25) is 0 Å². The lowest BCUT2D eigenvalue weighted by Gasteiger charge is -2.32. The van der Waals surface area contributed by atoms with Gasteiger partial charge in [-0.05, 0) is 31.4 Å². The van der Waals surface area contributed by atoms with E-state index in [4.69, 9.17) is 0 Å². The van der Waals surface area contributed by atoms with Crippen LogP contribution in [0.5, 0.6) is 0 Å². The van der Waals surface area contributed by atoms with Crippen molar-refractivity contribution in [2.24, 2.45) is 0 Å². The van der Waals surface area contributed by atoms with Crippen LogP contribution in [-0.2, 0) is 11.0 Å². The number of likely N-dealkylation sites (tertiary alicyclic amines) is 1. The molecule has 0 aliphatic carbocycles. The van der Waals surface area contributed by atoms with Gasteiger partial charge in [-0.3, -0.25) is 9.20 Å². The minimum Gasteiger partial charge on any atom is -0.342 e. The maximum atomic E-state index is 13.0. The number of piperidine rings is 1. The molecule has 1 aliphatic heterocycles. The molecule has 2 aromatic heterocycles. The van der Waals surface area contributed by atoms with Gasteiger partial charge in [-0.1, -0.05) is 19.8 Å². The number of halogens is 3. The van der Waals surface area contributed by atoms with Crippen molar-refractivity contribution < 1.29 is 18.0 Å². The molecule has 5 nitrogen and oxygen atoms in total. The third-order valence-corrected chi connectivity index (χ3v) is 4.89. The van der Waals surface area contributed by atoms with Gasteiger partial charge in [0.25, 0.3) is 0 Å². The van der Waals surface area contributed by atoms with Gasteiger partial charge in [0.2, 0.25) is 5.91 Å². The van der Waals surface area contributed by atoms with Crippen LogP contribution < -0.4 is 0 Å². The Bertz CT molecular complexity index is 771. The summed E-state index contributed by atoms with van der Waals surface area (Å²) >= 11 is 0. The summed E-state index contributed by atoms with van der Waals surface area (Å²) < 4.78 is 40.4. The summed E-state index contributed by atoms with van der Waals surface area (Å²) in [5, 5.41) is 8.11. The first-order valence-electron chi connectivity index (χ1n) is 9.09. The predicted octanol–water partition coefficient (Wildman–Crippen LogP) is 4.03. The molecule has 1 fully saturated rings. The Hall–Kier alpha value is -2.12. The number of alkyl halides is 3. The highest BCUT2D eigenvalue weighted by molar-refractivity contribution is 5.76. The number of amides is 1. The van der Waals surface area contributed by atoms with E-state index in [0.717, 1.165) is 44.4 Å². The fraction of sp³-hybridized carbons (Fsp3) is 0.611. The second-order valence-corrected chi connectivity index (χ2v) is 6.84. The molecule has 26 heavy (non-hydrogen) atoms. The van der Waals surface area contributed by atoms with Gasteiger partial charge in [-0.25, -0.2) is 0 Å². The largest absolute Gasteiger partial charge is 0.417 e. The Morgan fingerprint density at radius 3 is 2.81 bits per heavy atom. The molecule has 0 N–H and O–H groups in total. The zero-order chi connectivity index (χ0) is 18.7. The fourth-order valence-corrected chi connectivity index (χ4v) is 3.45. The van der Waals surface area contributed by atoms with Crippen molar-refractivity contribution in [3.8, 4) is 0 Å². The molecule has 1 atom stereocenters. The Labute approximate surface area is 150 Å². The maximum absolute atomic E-state index is 13.0. The van der Waals surface area contributed by atoms with E-state index in [0.29, 0.717) is 31.0 Å². The van der Waals surface area contributed by atoms with Gasteiger partial charge in [-0.2, -0.15) is 13.2 Å². The molecule has 0 saturated carbocycles. The normalized spacial score (nSPS) is 18.5. The summed E-state index contributed by atoms with van der Waals surface area (Å²) in [6.07, 6.45) is 1.73. The van der Waals surface area contributed by atoms with Crippen LogP contribution in [0.25, 0.3) is 5.65 Å². The predicted molar refractivity (Wildman–Crippen MR) is 90.7 cm³/mol. The molecule has 2 aromatic rings. The summed E-state index contributed by atoms with van der Waals surface area (Å²) in [6, 6.07) is 2.34. The van der Waals surface area contributed by atoms with Gasteiger partial charge in [0.15, 0.2) is 5.65 Å². The second kappa shape index (κ2) is 7.63. The smallest absolute Gasteiger partial charge is 0.342 e. The topological polar surface area (TPSA) is 50.5 Å². The van der Waals surface area contributed by atoms with E-state index in [1.807, 2.05) is 4.90 Å². The molecular formula is C18H23F3N4O. The molecule has 142 valence electrons. The van der Waals surface area contributed by atoms with E-state index in [1.54, 1.807) is 0 Å². The third kappa shape index (κ3) is 3.99. The van der Waals surface area contributed by atoms with Gasteiger partial charge in [0.05, 0.1) is 5.56 Å². The molecule has 0 aromatic carbocycles. The van der Waals surface area contributed by atoms with E-state index >= 15 is 0 Å². The van der Waals surface area contributed by atoms with Crippen LogP contribution in [0.4, 0.5) is 13.2 Å². The molecule has 0 bridgehead atoms. The number of aromatic nitrogens is 3. The molecule has 1 unspecified atom stereocenters. The highest BCUT2D eigenvalue weighted by Gasteiger charge is 2.32. The first-order chi connectivity index (χ1) is 12.4. The number of rotatable bonds is 5. The number of carbonyl (C=O) groups excluding carboxylic acids is 1. The number of hydrogen-bond donors (Lipinski definition) is 0. The van der Waals surface area contributed by atoms with Crippen molar-refractivity contribution in [3.05, 3.63) is 29.7 Å². The SMILES string of the molecule is CCCCCC(=O)N1CCCC(c2nnc3ccc(C(F)(F)F)cn23)C1. The van der Waals surface area contributed by atoms with Crippen LogP contribution in [0, 0.1) is 0 Å². The first kappa shape index (κ1) is 18.7. The highest BCUT2D eigenvalue weighted by atomic mass is 19.4. The van der Waals surface area contributed by atoms with E-state index in [9.17, 15) is 18.0 Å². The molecule has 3 heterocycles. The molecule has 1 saturated heterocycles. The molecule has 0 spiro atoms. The van der Waals surface area contributed by atoms with Crippen molar-refractivity contribution in [3.63, 3.8) is 0 Å². The van der Waals surface area contributed by atoms with E-state index in [1.165, 1.54) is 10.5 Å².